The SMILES string of the molecule is Cc1ccc(N(C)c2cccc(Cl)c2C(=N)N)cc1. The Morgan fingerprint density at radius 3 is 2.37 bits per heavy atom. The Morgan fingerprint density at radius 2 is 1.79 bits per heavy atom. The summed E-state index contributed by atoms with van der Waals surface area (Å²) in [6.07, 6.45) is 0. The quantitative estimate of drug-likeness (QED) is 0.662. The predicted octanol–water partition coefficient (Wildman–Crippen LogP) is 3.70. The third kappa shape index (κ3) is 2.71. The van der Waals surface area contributed by atoms with Crippen molar-refractivity contribution in [3.05, 3.63) is 58.6 Å². The molecule has 0 spiro atoms. The Bertz CT molecular complexity index is 605. The smallest absolute Gasteiger partial charge is 0.126 e. The van der Waals surface area contributed by atoms with Crippen LogP contribution in [0.1, 0.15) is 11.1 Å². The highest BCUT2D eigenvalue weighted by Gasteiger charge is 2.14. The first-order valence-electron chi connectivity index (χ1n) is 5.94. The number of rotatable bonds is 3. The van der Waals surface area contributed by atoms with Crippen LogP contribution in [0, 0.1) is 12.3 Å². The van der Waals surface area contributed by atoms with Crippen LogP contribution in [0.2, 0.25) is 5.02 Å². The predicted molar refractivity (Wildman–Crippen MR) is 81.7 cm³/mol. The zero-order valence-corrected chi connectivity index (χ0v) is 11.7. The number of nitrogens with one attached hydrogen (secondary N) is 1. The Hall–Kier alpha value is -2.00. The third-order valence-corrected chi connectivity index (χ3v) is 3.36. The zero-order valence-electron chi connectivity index (χ0n) is 10.9. The molecular weight excluding hydrogens is 258 g/mol. The van der Waals surface area contributed by atoms with Gasteiger partial charge in [-0.1, -0.05) is 35.4 Å². The van der Waals surface area contributed by atoms with Crippen LogP contribution in [0.5, 0.6) is 0 Å². The molecule has 0 aliphatic rings. The highest BCUT2D eigenvalue weighted by molar-refractivity contribution is 6.34. The first kappa shape index (κ1) is 13.4. The molecule has 2 rings (SSSR count). The molecule has 0 heterocycles. The van der Waals surface area contributed by atoms with E-state index < -0.39 is 0 Å². The maximum atomic E-state index is 7.67. The van der Waals surface area contributed by atoms with Gasteiger partial charge in [-0.15, -0.1) is 0 Å². The summed E-state index contributed by atoms with van der Waals surface area (Å²) in [5, 5.41) is 8.16. The van der Waals surface area contributed by atoms with Gasteiger partial charge in [-0.2, -0.15) is 0 Å². The summed E-state index contributed by atoms with van der Waals surface area (Å²) < 4.78 is 0. The van der Waals surface area contributed by atoms with Crippen molar-refractivity contribution in [1.29, 1.82) is 5.41 Å². The van der Waals surface area contributed by atoms with E-state index in [-0.39, 0.29) is 5.84 Å². The standard InChI is InChI=1S/C15H16ClN3/c1-10-6-8-11(9-7-10)19(2)13-5-3-4-12(16)14(13)15(17)18/h3-9H,1-2H3,(H3,17,18). The first-order chi connectivity index (χ1) is 9.00. The van der Waals surface area contributed by atoms with Crippen molar-refractivity contribution >= 4 is 28.8 Å². The van der Waals surface area contributed by atoms with E-state index in [1.165, 1.54) is 5.56 Å². The number of hydrogen-bond donors (Lipinski definition) is 2. The lowest BCUT2D eigenvalue weighted by molar-refractivity contribution is 1.19. The number of aryl methyl sites for hydroxylation is 1. The molecule has 0 aliphatic carbocycles. The molecule has 0 fully saturated rings. The van der Waals surface area contributed by atoms with Crippen LogP contribution in [0.15, 0.2) is 42.5 Å². The molecule has 0 aliphatic heterocycles. The average molecular weight is 274 g/mol. The number of benzene rings is 2. The fourth-order valence-electron chi connectivity index (χ4n) is 1.97. The molecule has 0 amide bonds. The minimum Gasteiger partial charge on any atom is -0.384 e. The van der Waals surface area contributed by atoms with Gasteiger partial charge in [-0.25, -0.2) is 0 Å². The van der Waals surface area contributed by atoms with E-state index in [0.29, 0.717) is 10.6 Å². The maximum Gasteiger partial charge on any atom is 0.126 e. The molecule has 2 aromatic carbocycles. The molecule has 4 heteroatoms. The summed E-state index contributed by atoms with van der Waals surface area (Å²) in [6, 6.07) is 13.6. The number of nitrogens with two attached hydrogens (primary N) is 1. The Labute approximate surface area is 118 Å². The third-order valence-electron chi connectivity index (χ3n) is 3.04. The second-order valence-electron chi connectivity index (χ2n) is 4.44. The number of halogens is 1. The monoisotopic (exact) mass is 273 g/mol. The van der Waals surface area contributed by atoms with Gasteiger partial charge < -0.3 is 10.6 Å². The minimum atomic E-state index is -0.0282. The van der Waals surface area contributed by atoms with E-state index in [1.54, 1.807) is 6.07 Å². The highest BCUT2D eigenvalue weighted by atomic mass is 35.5. The van der Waals surface area contributed by atoms with Crippen LogP contribution >= 0.6 is 11.6 Å². The summed E-state index contributed by atoms with van der Waals surface area (Å²) >= 11 is 6.13. The van der Waals surface area contributed by atoms with Crippen LogP contribution in [0.4, 0.5) is 11.4 Å². The number of nitrogen functional groups attached to an aromatic ring is 1. The van der Waals surface area contributed by atoms with E-state index in [9.17, 15) is 0 Å². The van der Waals surface area contributed by atoms with Gasteiger partial charge in [0.2, 0.25) is 0 Å². The Kier molecular flexibility index (Phi) is 3.76. The van der Waals surface area contributed by atoms with Crippen molar-refractivity contribution < 1.29 is 0 Å². The van der Waals surface area contributed by atoms with Crippen molar-refractivity contribution in [2.45, 2.75) is 6.92 Å². The molecular formula is C15H16ClN3. The van der Waals surface area contributed by atoms with Gasteiger partial charge in [-0.3, -0.25) is 5.41 Å². The topological polar surface area (TPSA) is 53.1 Å². The summed E-state index contributed by atoms with van der Waals surface area (Å²) in [5.74, 6) is -0.0282. The summed E-state index contributed by atoms with van der Waals surface area (Å²) in [7, 11) is 1.93. The maximum absolute atomic E-state index is 7.67. The molecule has 0 unspecified atom stereocenters. The number of nitrogens with zero attached hydrogens (tertiary/aromatic N) is 1. The summed E-state index contributed by atoms with van der Waals surface area (Å²) in [4.78, 5) is 1.97. The summed E-state index contributed by atoms with van der Waals surface area (Å²) in [6.45, 7) is 2.05. The van der Waals surface area contributed by atoms with Crippen molar-refractivity contribution in [3.8, 4) is 0 Å². The van der Waals surface area contributed by atoms with Gasteiger partial charge in [0.1, 0.15) is 5.84 Å². The summed E-state index contributed by atoms with van der Waals surface area (Å²) in [5.41, 5.74) is 9.24. The van der Waals surface area contributed by atoms with E-state index in [4.69, 9.17) is 22.7 Å². The lowest BCUT2D eigenvalue weighted by Crippen LogP contribution is -2.19. The van der Waals surface area contributed by atoms with E-state index in [1.807, 2.05) is 55.3 Å². The van der Waals surface area contributed by atoms with E-state index in [0.717, 1.165) is 11.4 Å². The zero-order chi connectivity index (χ0) is 14.0. The van der Waals surface area contributed by atoms with Gasteiger partial charge >= 0.3 is 0 Å². The molecule has 0 saturated heterocycles. The van der Waals surface area contributed by atoms with Gasteiger partial charge in [0.25, 0.3) is 0 Å². The van der Waals surface area contributed by atoms with E-state index >= 15 is 0 Å². The fraction of sp³-hybridized carbons (Fsp3) is 0.133. The van der Waals surface area contributed by atoms with Crippen molar-refractivity contribution in [3.63, 3.8) is 0 Å². The molecule has 0 atom stereocenters. The largest absolute Gasteiger partial charge is 0.384 e. The molecule has 0 aromatic heterocycles. The van der Waals surface area contributed by atoms with E-state index in [2.05, 4.69) is 0 Å². The molecule has 0 radical (unpaired) electrons. The van der Waals surface area contributed by atoms with Gasteiger partial charge in [-0.05, 0) is 31.2 Å². The number of amidine groups is 1. The van der Waals surface area contributed by atoms with Crippen molar-refractivity contribution in [2.24, 2.45) is 5.73 Å². The second-order valence-corrected chi connectivity index (χ2v) is 4.85. The molecule has 98 valence electrons. The lowest BCUT2D eigenvalue weighted by Gasteiger charge is -2.23. The fourth-order valence-corrected chi connectivity index (χ4v) is 2.24. The average Bonchev–Trinajstić information content (AvgIpc) is 2.38. The van der Waals surface area contributed by atoms with Crippen molar-refractivity contribution in [1.82, 2.24) is 0 Å². The Morgan fingerprint density at radius 1 is 1.16 bits per heavy atom. The molecule has 0 bridgehead atoms. The van der Waals surface area contributed by atoms with Crippen LogP contribution in [0.25, 0.3) is 0 Å². The minimum absolute atomic E-state index is 0.0282. The molecule has 19 heavy (non-hydrogen) atoms. The Balaban J connectivity index is 2.49. The van der Waals surface area contributed by atoms with Crippen molar-refractivity contribution in [2.75, 3.05) is 11.9 Å². The van der Waals surface area contributed by atoms with Gasteiger partial charge in [0.05, 0.1) is 16.3 Å². The normalized spacial score (nSPS) is 10.3. The number of hydrogen-bond acceptors (Lipinski definition) is 2. The van der Waals surface area contributed by atoms with Gasteiger partial charge in [0, 0.05) is 12.7 Å². The molecule has 0 saturated carbocycles. The lowest BCUT2D eigenvalue weighted by atomic mass is 10.1. The molecule has 2 aromatic rings. The van der Waals surface area contributed by atoms with Gasteiger partial charge in [0.15, 0.2) is 0 Å². The van der Waals surface area contributed by atoms with Crippen LogP contribution < -0.4 is 10.6 Å². The first-order valence-corrected chi connectivity index (χ1v) is 6.32. The molecule has 3 N–H and O–H groups in total. The van der Waals surface area contributed by atoms with Crippen LogP contribution in [-0.4, -0.2) is 12.9 Å². The highest BCUT2D eigenvalue weighted by Crippen LogP contribution is 2.31. The van der Waals surface area contributed by atoms with Crippen LogP contribution in [-0.2, 0) is 0 Å². The number of anilines is 2. The molecule has 3 nitrogen and oxygen atoms in total. The van der Waals surface area contributed by atoms with Crippen LogP contribution in [0.3, 0.4) is 0 Å². The second kappa shape index (κ2) is 5.33.